The number of benzene rings is 3. The van der Waals surface area contributed by atoms with Crippen LogP contribution in [0.2, 0.25) is 0 Å². The number of pyridine rings is 1. The molecule has 1 atom stereocenters. The van der Waals surface area contributed by atoms with Crippen molar-refractivity contribution in [2.45, 2.75) is 39.3 Å². The Hall–Kier alpha value is -4.27. The van der Waals surface area contributed by atoms with Gasteiger partial charge in [0.25, 0.3) is 5.91 Å². The van der Waals surface area contributed by atoms with Crippen molar-refractivity contribution in [3.05, 3.63) is 95.2 Å². The van der Waals surface area contributed by atoms with E-state index in [0.717, 1.165) is 42.7 Å². The lowest BCUT2D eigenvalue weighted by Gasteiger charge is -2.20. The van der Waals surface area contributed by atoms with E-state index in [1.54, 1.807) is 37.4 Å². The van der Waals surface area contributed by atoms with E-state index in [4.69, 9.17) is 4.74 Å². The van der Waals surface area contributed by atoms with Gasteiger partial charge in [-0.1, -0.05) is 50.2 Å². The van der Waals surface area contributed by atoms with Crippen LogP contribution in [0.5, 0.6) is 5.75 Å². The number of nitrogens with one attached hydrogen (secondary N) is 1. The fourth-order valence-electron chi connectivity index (χ4n) is 5.00. The molecule has 4 aromatic rings. The Balaban J connectivity index is 1.61. The van der Waals surface area contributed by atoms with Crippen LogP contribution in [0, 0.1) is 0 Å². The van der Waals surface area contributed by atoms with E-state index in [2.05, 4.69) is 41.2 Å². The first-order valence-electron chi connectivity index (χ1n) is 13.9. The molecule has 8 nitrogen and oxygen atoms in total. The van der Waals surface area contributed by atoms with Gasteiger partial charge in [-0.25, -0.2) is 9.78 Å². The number of hydrogen-bond acceptors (Lipinski definition) is 6. The number of carboxylic acid groups (broad SMARTS) is 1. The summed E-state index contributed by atoms with van der Waals surface area (Å²) in [7, 11) is 1.55. The van der Waals surface area contributed by atoms with Crippen LogP contribution in [0.4, 0.5) is 0 Å². The molecule has 3 N–H and O–H groups in total. The van der Waals surface area contributed by atoms with Crippen LogP contribution in [-0.4, -0.2) is 64.8 Å². The molecule has 1 aromatic heterocycles. The van der Waals surface area contributed by atoms with Gasteiger partial charge in [-0.2, -0.15) is 0 Å². The molecular weight excluding hydrogens is 518 g/mol. The Labute approximate surface area is 240 Å². The molecule has 0 fully saturated rings. The predicted octanol–water partition coefficient (Wildman–Crippen LogP) is 5.53. The molecule has 41 heavy (non-hydrogen) atoms. The smallest absolute Gasteiger partial charge is 0.336 e. The van der Waals surface area contributed by atoms with Crippen molar-refractivity contribution in [2.24, 2.45) is 0 Å². The Morgan fingerprint density at radius 2 is 1.73 bits per heavy atom. The highest BCUT2D eigenvalue weighted by molar-refractivity contribution is 6.06. The van der Waals surface area contributed by atoms with Gasteiger partial charge in [-0.05, 0) is 84.6 Å². The molecule has 0 aliphatic carbocycles. The fraction of sp³-hybridized carbons (Fsp3) is 0.303. The topological polar surface area (TPSA) is 112 Å². The number of phenolic OH excluding ortho intramolecular Hbond substituents is 1. The standard InChI is InChI=1S/C33H37N3O5/c1-4-15-36(5-2)20-23-7-6-8-24(16-23)25-11-14-30-28(18-25)29(33(39)40)19-31(35-30)32(38)34-26(21-41-3)17-22-9-12-27(37)13-10-22/h6-14,16,18-19,26,37H,4-5,15,17,20-21H2,1-3H3,(H,34,38)(H,39,40). The van der Waals surface area contributed by atoms with E-state index >= 15 is 0 Å². The Morgan fingerprint density at radius 1 is 0.976 bits per heavy atom. The van der Waals surface area contributed by atoms with E-state index < -0.39 is 11.9 Å². The molecule has 1 heterocycles. The van der Waals surface area contributed by atoms with Crippen molar-refractivity contribution in [1.82, 2.24) is 15.2 Å². The summed E-state index contributed by atoms with van der Waals surface area (Å²) >= 11 is 0. The van der Waals surface area contributed by atoms with Crippen molar-refractivity contribution >= 4 is 22.8 Å². The maximum atomic E-state index is 13.2. The second-order valence-corrected chi connectivity index (χ2v) is 10.2. The summed E-state index contributed by atoms with van der Waals surface area (Å²) in [5, 5.41) is 23.0. The Bertz CT molecular complexity index is 1500. The van der Waals surface area contributed by atoms with E-state index in [9.17, 15) is 19.8 Å². The maximum Gasteiger partial charge on any atom is 0.336 e. The van der Waals surface area contributed by atoms with Gasteiger partial charge >= 0.3 is 5.97 Å². The van der Waals surface area contributed by atoms with Gasteiger partial charge in [0.1, 0.15) is 11.4 Å². The minimum Gasteiger partial charge on any atom is -0.508 e. The largest absolute Gasteiger partial charge is 0.508 e. The molecule has 1 unspecified atom stereocenters. The molecular formula is C33H37N3O5. The number of fused-ring (bicyclic) bond motifs is 1. The number of aromatic carboxylic acids is 1. The molecule has 0 saturated carbocycles. The molecule has 0 radical (unpaired) electrons. The second-order valence-electron chi connectivity index (χ2n) is 10.2. The monoisotopic (exact) mass is 555 g/mol. The number of aromatic nitrogens is 1. The van der Waals surface area contributed by atoms with Gasteiger partial charge in [-0.3, -0.25) is 9.69 Å². The molecule has 214 valence electrons. The molecule has 0 aliphatic rings. The second kappa shape index (κ2) is 13.9. The van der Waals surface area contributed by atoms with Gasteiger partial charge in [-0.15, -0.1) is 0 Å². The molecule has 1 amide bonds. The lowest BCUT2D eigenvalue weighted by Crippen LogP contribution is -2.40. The maximum absolute atomic E-state index is 13.2. The third-order valence-electron chi connectivity index (χ3n) is 7.05. The van der Waals surface area contributed by atoms with Gasteiger partial charge in [0.2, 0.25) is 0 Å². The summed E-state index contributed by atoms with van der Waals surface area (Å²) in [5.74, 6) is -1.46. The molecule has 0 bridgehead atoms. The fourth-order valence-corrected chi connectivity index (χ4v) is 5.00. The SMILES string of the molecule is CCCN(CC)Cc1cccc(-c2ccc3nc(C(=O)NC(COC)Cc4ccc(O)cc4)cc(C(=O)O)c3c2)c1. The van der Waals surface area contributed by atoms with Crippen LogP contribution in [0.25, 0.3) is 22.0 Å². The third-order valence-corrected chi connectivity index (χ3v) is 7.05. The first-order valence-corrected chi connectivity index (χ1v) is 13.9. The predicted molar refractivity (Wildman–Crippen MR) is 160 cm³/mol. The number of phenols is 1. The number of nitrogens with zero attached hydrogens (tertiary/aromatic N) is 2. The van der Waals surface area contributed by atoms with Crippen LogP contribution in [0.15, 0.2) is 72.8 Å². The summed E-state index contributed by atoms with van der Waals surface area (Å²) in [5.41, 5.74) is 4.44. The quantitative estimate of drug-likeness (QED) is 0.199. The number of carboxylic acids is 1. The lowest BCUT2D eigenvalue weighted by molar-refractivity contribution is 0.0699. The van der Waals surface area contributed by atoms with Crippen LogP contribution in [-0.2, 0) is 17.7 Å². The summed E-state index contributed by atoms with van der Waals surface area (Å²) in [6.45, 7) is 7.44. The molecule has 8 heteroatoms. The number of aromatic hydroxyl groups is 1. The Morgan fingerprint density at radius 3 is 2.41 bits per heavy atom. The molecule has 3 aromatic carbocycles. The van der Waals surface area contributed by atoms with Crippen molar-refractivity contribution in [1.29, 1.82) is 0 Å². The van der Waals surface area contributed by atoms with Crippen molar-refractivity contribution in [3.63, 3.8) is 0 Å². The molecule has 4 rings (SSSR count). The normalized spacial score (nSPS) is 12.0. The van der Waals surface area contributed by atoms with E-state index in [1.807, 2.05) is 24.3 Å². The zero-order valence-electron chi connectivity index (χ0n) is 23.8. The zero-order chi connectivity index (χ0) is 29.4. The van der Waals surface area contributed by atoms with E-state index in [-0.39, 0.29) is 29.7 Å². The minimum absolute atomic E-state index is 0.0140. The van der Waals surface area contributed by atoms with E-state index in [0.29, 0.717) is 17.3 Å². The number of carbonyl (C=O) groups is 2. The average Bonchev–Trinajstić information content (AvgIpc) is 2.97. The average molecular weight is 556 g/mol. The first kappa shape index (κ1) is 29.7. The van der Waals surface area contributed by atoms with Crippen molar-refractivity contribution in [3.8, 4) is 16.9 Å². The molecule has 0 aliphatic heterocycles. The number of carbonyl (C=O) groups excluding carboxylic acids is 1. The number of hydrogen-bond donors (Lipinski definition) is 3. The highest BCUT2D eigenvalue weighted by Gasteiger charge is 2.20. The van der Waals surface area contributed by atoms with Gasteiger partial charge in [0, 0.05) is 19.0 Å². The number of methoxy groups -OCH3 is 1. The summed E-state index contributed by atoms with van der Waals surface area (Å²) in [6.07, 6.45) is 1.56. The minimum atomic E-state index is -1.13. The van der Waals surface area contributed by atoms with Gasteiger partial charge < -0.3 is 20.3 Å². The summed E-state index contributed by atoms with van der Waals surface area (Å²) in [4.78, 5) is 32.4. The van der Waals surface area contributed by atoms with Crippen molar-refractivity contribution < 1.29 is 24.5 Å². The van der Waals surface area contributed by atoms with Gasteiger partial charge in [0.15, 0.2) is 0 Å². The summed E-state index contributed by atoms with van der Waals surface area (Å²) in [6, 6.07) is 21.5. The lowest BCUT2D eigenvalue weighted by atomic mass is 9.98. The van der Waals surface area contributed by atoms with Crippen LogP contribution in [0.3, 0.4) is 0 Å². The number of amides is 1. The zero-order valence-corrected chi connectivity index (χ0v) is 23.8. The van der Waals surface area contributed by atoms with Crippen LogP contribution < -0.4 is 5.32 Å². The van der Waals surface area contributed by atoms with Crippen LogP contribution >= 0.6 is 0 Å². The highest BCUT2D eigenvalue weighted by Crippen LogP contribution is 2.28. The number of rotatable bonds is 13. The van der Waals surface area contributed by atoms with E-state index in [1.165, 1.54) is 11.6 Å². The highest BCUT2D eigenvalue weighted by atomic mass is 16.5. The molecule has 0 saturated heterocycles. The third kappa shape index (κ3) is 7.68. The van der Waals surface area contributed by atoms with Gasteiger partial charge in [0.05, 0.1) is 23.7 Å². The van der Waals surface area contributed by atoms with Crippen LogP contribution in [0.1, 0.15) is 52.2 Å². The summed E-state index contributed by atoms with van der Waals surface area (Å²) < 4.78 is 5.29. The number of ether oxygens (including phenoxy) is 1. The first-order chi connectivity index (χ1) is 19.8. The van der Waals surface area contributed by atoms with Crippen molar-refractivity contribution in [2.75, 3.05) is 26.8 Å². The Kier molecular flexibility index (Phi) is 10.1. The molecule has 0 spiro atoms.